The number of hydrogen-bond donors (Lipinski definition) is 2. The van der Waals surface area contributed by atoms with Crippen LogP contribution in [0.1, 0.15) is 21.9 Å². The number of carbonyl (C=O) groups excluding carboxylic acids is 1. The van der Waals surface area contributed by atoms with E-state index in [9.17, 15) is 9.18 Å². The molecule has 8 nitrogen and oxygen atoms in total. The van der Waals surface area contributed by atoms with Gasteiger partial charge in [-0.15, -0.1) is 0 Å². The standard InChI is InChI=1S/C23H20FN7O/c1-13-10-18(25-11-13)23(32)28-19-12-31-20(27-19)9-8-17(29-31)22-21(26-14(2)30(22)3)15-4-6-16(24)7-5-15/h4-12,25H,1-3H3,(H,28,32). The lowest BCUT2D eigenvalue weighted by atomic mass is 10.1. The number of nitrogens with zero attached hydrogens (tertiary/aromatic N) is 5. The predicted octanol–water partition coefficient (Wildman–Crippen LogP) is 4.13. The van der Waals surface area contributed by atoms with E-state index >= 15 is 0 Å². The van der Waals surface area contributed by atoms with Crippen molar-refractivity contribution in [2.24, 2.45) is 7.05 Å². The summed E-state index contributed by atoms with van der Waals surface area (Å²) in [4.78, 5) is 24.4. The van der Waals surface area contributed by atoms with Crippen molar-refractivity contribution in [1.29, 1.82) is 0 Å². The van der Waals surface area contributed by atoms with Crippen molar-refractivity contribution in [3.8, 4) is 22.6 Å². The van der Waals surface area contributed by atoms with Crippen LogP contribution in [0, 0.1) is 19.7 Å². The molecule has 5 rings (SSSR count). The third kappa shape index (κ3) is 3.43. The summed E-state index contributed by atoms with van der Waals surface area (Å²) in [6, 6.07) is 11.7. The molecule has 0 atom stereocenters. The van der Waals surface area contributed by atoms with Crippen LogP contribution in [0.25, 0.3) is 28.3 Å². The highest BCUT2D eigenvalue weighted by atomic mass is 19.1. The molecular formula is C23H20FN7O. The van der Waals surface area contributed by atoms with Gasteiger partial charge in [0.05, 0.1) is 17.6 Å². The number of hydrogen-bond acceptors (Lipinski definition) is 4. The lowest BCUT2D eigenvalue weighted by molar-refractivity contribution is 0.102. The molecule has 0 fully saturated rings. The maximum absolute atomic E-state index is 13.4. The second-order valence-corrected chi connectivity index (χ2v) is 7.61. The average molecular weight is 429 g/mol. The molecule has 0 aliphatic heterocycles. The minimum absolute atomic E-state index is 0.275. The van der Waals surface area contributed by atoms with Crippen LogP contribution >= 0.6 is 0 Å². The minimum atomic E-state index is -0.301. The summed E-state index contributed by atoms with van der Waals surface area (Å²) in [6.07, 6.45) is 3.42. The molecule has 0 aliphatic carbocycles. The number of carbonyl (C=O) groups is 1. The summed E-state index contributed by atoms with van der Waals surface area (Å²) in [5.74, 6) is 0.625. The Hall–Kier alpha value is -4.27. The third-order valence-electron chi connectivity index (χ3n) is 5.31. The second-order valence-electron chi connectivity index (χ2n) is 7.61. The zero-order valence-electron chi connectivity index (χ0n) is 17.7. The normalized spacial score (nSPS) is 11.2. The number of fused-ring (bicyclic) bond motifs is 1. The predicted molar refractivity (Wildman–Crippen MR) is 119 cm³/mol. The summed E-state index contributed by atoms with van der Waals surface area (Å²) in [5.41, 5.74) is 5.02. The molecule has 160 valence electrons. The van der Waals surface area contributed by atoms with Gasteiger partial charge in [-0.25, -0.2) is 18.9 Å². The SMILES string of the molecule is Cc1c[nH]c(C(=O)Nc2cn3nc(-c4c(-c5ccc(F)cc5)nc(C)n4C)ccc3n2)c1. The molecule has 0 radical (unpaired) electrons. The van der Waals surface area contributed by atoms with Crippen LogP contribution in [-0.4, -0.2) is 35.0 Å². The first-order valence-electron chi connectivity index (χ1n) is 10.0. The van der Waals surface area contributed by atoms with Crippen molar-refractivity contribution in [1.82, 2.24) is 29.1 Å². The van der Waals surface area contributed by atoms with E-state index < -0.39 is 0 Å². The van der Waals surface area contributed by atoms with Crippen molar-refractivity contribution < 1.29 is 9.18 Å². The summed E-state index contributed by atoms with van der Waals surface area (Å²) < 4.78 is 17.0. The van der Waals surface area contributed by atoms with Crippen molar-refractivity contribution in [3.63, 3.8) is 0 Å². The summed E-state index contributed by atoms with van der Waals surface area (Å²) in [5, 5.41) is 7.47. The zero-order chi connectivity index (χ0) is 22.4. The van der Waals surface area contributed by atoms with Gasteiger partial charge in [0.25, 0.3) is 5.91 Å². The fourth-order valence-corrected chi connectivity index (χ4v) is 3.60. The molecular weight excluding hydrogens is 409 g/mol. The Bertz CT molecular complexity index is 1460. The van der Waals surface area contributed by atoms with E-state index in [0.717, 1.165) is 22.6 Å². The number of aromatic nitrogens is 6. The molecule has 0 saturated heterocycles. The van der Waals surface area contributed by atoms with E-state index in [1.165, 1.54) is 12.1 Å². The molecule has 4 heterocycles. The molecule has 0 aliphatic rings. The van der Waals surface area contributed by atoms with Crippen molar-refractivity contribution in [2.75, 3.05) is 5.32 Å². The molecule has 9 heteroatoms. The quantitative estimate of drug-likeness (QED) is 0.449. The number of imidazole rings is 2. The lowest BCUT2D eigenvalue weighted by Gasteiger charge is -2.07. The smallest absolute Gasteiger partial charge is 0.273 e. The molecule has 0 unspecified atom stereocenters. The summed E-state index contributed by atoms with van der Waals surface area (Å²) in [7, 11) is 1.91. The van der Waals surface area contributed by atoms with Gasteiger partial charge < -0.3 is 14.9 Å². The van der Waals surface area contributed by atoms with Crippen LogP contribution in [-0.2, 0) is 7.05 Å². The Kier molecular flexibility index (Phi) is 4.58. The molecule has 2 N–H and O–H groups in total. The van der Waals surface area contributed by atoms with Crippen molar-refractivity contribution in [2.45, 2.75) is 13.8 Å². The number of benzene rings is 1. The van der Waals surface area contributed by atoms with Gasteiger partial charge in [0.1, 0.15) is 23.0 Å². The first-order chi connectivity index (χ1) is 15.4. The first-order valence-corrected chi connectivity index (χ1v) is 10.0. The van der Waals surface area contributed by atoms with Crippen LogP contribution in [0.4, 0.5) is 10.2 Å². The highest BCUT2D eigenvalue weighted by molar-refractivity contribution is 6.02. The number of aryl methyl sites for hydroxylation is 2. The van der Waals surface area contributed by atoms with Crippen LogP contribution < -0.4 is 5.32 Å². The zero-order valence-corrected chi connectivity index (χ0v) is 17.7. The number of anilines is 1. The fraction of sp³-hybridized carbons (Fsp3) is 0.130. The monoisotopic (exact) mass is 429 g/mol. The van der Waals surface area contributed by atoms with Crippen LogP contribution in [0.2, 0.25) is 0 Å². The lowest BCUT2D eigenvalue weighted by Crippen LogP contribution is -2.12. The van der Waals surface area contributed by atoms with Gasteiger partial charge in [-0.05, 0) is 61.9 Å². The summed E-state index contributed by atoms with van der Waals surface area (Å²) >= 11 is 0. The van der Waals surface area contributed by atoms with E-state index in [1.807, 2.05) is 37.6 Å². The van der Waals surface area contributed by atoms with Crippen molar-refractivity contribution in [3.05, 3.63) is 77.8 Å². The van der Waals surface area contributed by atoms with Gasteiger partial charge in [-0.3, -0.25) is 4.79 Å². The number of amides is 1. The molecule has 5 aromatic rings. The Morgan fingerprint density at radius 1 is 1.09 bits per heavy atom. The van der Waals surface area contributed by atoms with Gasteiger partial charge in [-0.1, -0.05) is 0 Å². The molecule has 1 aromatic carbocycles. The third-order valence-corrected chi connectivity index (χ3v) is 5.31. The molecule has 4 aromatic heterocycles. The Balaban J connectivity index is 1.52. The fourth-order valence-electron chi connectivity index (χ4n) is 3.60. The van der Waals surface area contributed by atoms with Crippen LogP contribution in [0.3, 0.4) is 0 Å². The first kappa shape index (κ1) is 19.7. The number of halogens is 1. The van der Waals surface area contributed by atoms with Gasteiger partial charge in [0.2, 0.25) is 0 Å². The minimum Gasteiger partial charge on any atom is -0.357 e. The number of rotatable bonds is 4. The molecule has 1 amide bonds. The maximum Gasteiger partial charge on any atom is 0.273 e. The van der Waals surface area contributed by atoms with Crippen LogP contribution in [0.15, 0.2) is 54.9 Å². The van der Waals surface area contributed by atoms with Gasteiger partial charge in [-0.2, -0.15) is 5.10 Å². The molecule has 0 saturated carbocycles. The van der Waals surface area contributed by atoms with Crippen molar-refractivity contribution >= 4 is 17.4 Å². The van der Waals surface area contributed by atoms with E-state index in [-0.39, 0.29) is 11.7 Å². The average Bonchev–Trinajstić information content (AvgIpc) is 3.45. The molecule has 0 bridgehead atoms. The highest BCUT2D eigenvalue weighted by Gasteiger charge is 2.18. The largest absolute Gasteiger partial charge is 0.357 e. The molecule has 0 spiro atoms. The van der Waals surface area contributed by atoms with E-state index in [1.54, 1.807) is 35.1 Å². The maximum atomic E-state index is 13.4. The Morgan fingerprint density at radius 2 is 1.88 bits per heavy atom. The highest BCUT2D eigenvalue weighted by Crippen LogP contribution is 2.31. The second kappa shape index (κ2) is 7.45. The Morgan fingerprint density at radius 3 is 2.59 bits per heavy atom. The van der Waals surface area contributed by atoms with Gasteiger partial charge >= 0.3 is 0 Å². The number of nitrogens with one attached hydrogen (secondary N) is 2. The van der Waals surface area contributed by atoms with E-state index in [0.29, 0.717) is 28.5 Å². The Labute approximate surface area is 182 Å². The van der Waals surface area contributed by atoms with Crippen LogP contribution in [0.5, 0.6) is 0 Å². The number of aromatic amines is 1. The van der Waals surface area contributed by atoms with Gasteiger partial charge in [0.15, 0.2) is 11.5 Å². The van der Waals surface area contributed by atoms with E-state index in [2.05, 4.69) is 25.4 Å². The number of H-pyrrole nitrogens is 1. The summed E-state index contributed by atoms with van der Waals surface area (Å²) in [6.45, 7) is 3.81. The molecule has 32 heavy (non-hydrogen) atoms. The van der Waals surface area contributed by atoms with Gasteiger partial charge in [0, 0.05) is 18.8 Å². The van der Waals surface area contributed by atoms with E-state index in [4.69, 9.17) is 0 Å². The topological polar surface area (TPSA) is 92.9 Å².